The first-order valence-electron chi connectivity index (χ1n) is 8.17. The Morgan fingerprint density at radius 3 is 2.32 bits per heavy atom. The fraction of sp³-hybridized carbons (Fsp3) is 0.278. The molecule has 3 aromatic rings. The first kappa shape index (κ1) is 15.4. The maximum Gasteiger partial charge on any atom is 0.226 e. The number of rotatable bonds is 3. The summed E-state index contributed by atoms with van der Waals surface area (Å²) in [6.07, 6.45) is 5.00. The van der Waals surface area contributed by atoms with Crippen molar-refractivity contribution in [3.05, 3.63) is 43.0 Å². The second-order valence-electron chi connectivity index (χ2n) is 5.88. The van der Waals surface area contributed by atoms with Gasteiger partial charge in [0.2, 0.25) is 11.9 Å². The van der Waals surface area contributed by atoms with Gasteiger partial charge in [0.15, 0.2) is 5.76 Å². The standard InChI is InChI=1S/C18H18N4O3/c1-13(23)21-6-8-22(9-7-21)18-19-12-14(15-4-2-10-24-15)17(20-18)16-5-3-11-25-16/h2-5,10-12H,6-9H2,1H3. The first-order valence-corrected chi connectivity index (χ1v) is 8.17. The third-order valence-electron chi connectivity index (χ3n) is 4.33. The van der Waals surface area contributed by atoms with Crippen molar-refractivity contribution in [3.63, 3.8) is 0 Å². The Balaban J connectivity index is 1.67. The van der Waals surface area contributed by atoms with Gasteiger partial charge in [0.25, 0.3) is 0 Å². The number of aromatic nitrogens is 2. The van der Waals surface area contributed by atoms with Crippen LogP contribution in [0.25, 0.3) is 22.8 Å². The van der Waals surface area contributed by atoms with E-state index in [4.69, 9.17) is 13.8 Å². The number of hydrogen-bond donors (Lipinski definition) is 0. The summed E-state index contributed by atoms with van der Waals surface area (Å²) in [5, 5.41) is 0. The van der Waals surface area contributed by atoms with Crippen molar-refractivity contribution < 1.29 is 13.6 Å². The summed E-state index contributed by atoms with van der Waals surface area (Å²) in [6, 6.07) is 7.40. The second-order valence-corrected chi connectivity index (χ2v) is 5.88. The monoisotopic (exact) mass is 338 g/mol. The Morgan fingerprint density at radius 2 is 1.72 bits per heavy atom. The van der Waals surface area contributed by atoms with Crippen molar-refractivity contribution in [2.24, 2.45) is 0 Å². The highest BCUT2D eigenvalue weighted by Gasteiger charge is 2.23. The number of carbonyl (C=O) groups is 1. The van der Waals surface area contributed by atoms with E-state index in [1.807, 2.05) is 29.2 Å². The predicted molar refractivity (Wildman–Crippen MR) is 91.9 cm³/mol. The summed E-state index contributed by atoms with van der Waals surface area (Å²) in [7, 11) is 0. The van der Waals surface area contributed by atoms with Gasteiger partial charge in [0.05, 0.1) is 18.1 Å². The van der Waals surface area contributed by atoms with E-state index >= 15 is 0 Å². The van der Waals surface area contributed by atoms with Crippen LogP contribution in [0.2, 0.25) is 0 Å². The number of nitrogens with zero attached hydrogens (tertiary/aromatic N) is 4. The molecule has 0 aromatic carbocycles. The Hall–Kier alpha value is -3.09. The van der Waals surface area contributed by atoms with Crippen LogP contribution in [-0.4, -0.2) is 47.0 Å². The molecule has 0 radical (unpaired) electrons. The van der Waals surface area contributed by atoms with E-state index in [-0.39, 0.29) is 5.91 Å². The molecule has 1 fully saturated rings. The van der Waals surface area contributed by atoms with Crippen LogP contribution >= 0.6 is 0 Å². The number of hydrogen-bond acceptors (Lipinski definition) is 6. The van der Waals surface area contributed by atoms with Gasteiger partial charge in [0, 0.05) is 39.3 Å². The van der Waals surface area contributed by atoms with E-state index in [9.17, 15) is 4.79 Å². The lowest BCUT2D eigenvalue weighted by Gasteiger charge is -2.34. The van der Waals surface area contributed by atoms with E-state index in [2.05, 4.69) is 9.88 Å². The van der Waals surface area contributed by atoms with Crippen LogP contribution in [0.5, 0.6) is 0 Å². The third kappa shape index (κ3) is 3.00. The van der Waals surface area contributed by atoms with Gasteiger partial charge in [0.1, 0.15) is 11.5 Å². The zero-order valence-corrected chi connectivity index (χ0v) is 13.9. The lowest BCUT2D eigenvalue weighted by Crippen LogP contribution is -2.48. The van der Waals surface area contributed by atoms with Gasteiger partial charge in [-0.2, -0.15) is 0 Å². The fourth-order valence-electron chi connectivity index (χ4n) is 2.96. The molecule has 7 heteroatoms. The number of anilines is 1. The minimum Gasteiger partial charge on any atom is -0.464 e. The molecular weight excluding hydrogens is 320 g/mol. The third-order valence-corrected chi connectivity index (χ3v) is 4.33. The van der Waals surface area contributed by atoms with E-state index in [0.29, 0.717) is 49.3 Å². The lowest BCUT2D eigenvalue weighted by molar-refractivity contribution is -0.129. The molecule has 0 saturated carbocycles. The smallest absolute Gasteiger partial charge is 0.226 e. The van der Waals surface area contributed by atoms with E-state index in [1.54, 1.807) is 25.6 Å². The summed E-state index contributed by atoms with van der Waals surface area (Å²) >= 11 is 0. The van der Waals surface area contributed by atoms with E-state index < -0.39 is 0 Å². The molecule has 0 spiro atoms. The first-order chi connectivity index (χ1) is 12.2. The molecule has 4 heterocycles. The number of furan rings is 2. The fourth-order valence-corrected chi connectivity index (χ4v) is 2.96. The number of amides is 1. The van der Waals surface area contributed by atoms with Crippen molar-refractivity contribution in [2.45, 2.75) is 6.92 Å². The molecule has 0 aliphatic carbocycles. The van der Waals surface area contributed by atoms with Crippen molar-refractivity contribution >= 4 is 11.9 Å². The maximum absolute atomic E-state index is 11.5. The maximum atomic E-state index is 11.5. The molecule has 1 aliphatic rings. The lowest BCUT2D eigenvalue weighted by atomic mass is 10.1. The van der Waals surface area contributed by atoms with Crippen LogP contribution in [0.1, 0.15) is 6.92 Å². The predicted octanol–water partition coefficient (Wildman–Crippen LogP) is 2.67. The van der Waals surface area contributed by atoms with Crippen LogP contribution in [-0.2, 0) is 4.79 Å². The van der Waals surface area contributed by atoms with Crippen LogP contribution in [0, 0.1) is 0 Å². The van der Waals surface area contributed by atoms with Gasteiger partial charge in [-0.3, -0.25) is 4.79 Å². The SMILES string of the molecule is CC(=O)N1CCN(c2ncc(-c3ccco3)c(-c3ccco3)n2)CC1. The largest absolute Gasteiger partial charge is 0.464 e. The van der Waals surface area contributed by atoms with E-state index in [1.165, 1.54) is 0 Å². The molecule has 25 heavy (non-hydrogen) atoms. The minimum absolute atomic E-state index is 0.102. The van der Waals surface area contributed by atoms with Crippen LogP contribution in [0.3, 0.4) is 0 Å². The molecule has 7 nitrogen and oxygen atoms in total. The molecule has 0 unspecified atom stereocenters. The number of carbonyl (C=O) groups excluding carboxylic acids is 1. The Labute approximate surface area is 144 Å². The molecule has 3 aromatic heterocycles. The second kappa shape index (κ2) is 6.43. The zero-order valence-electron chi connectivity index (χ0n) is 13.9. The van der Waals surface area contributed by atoms with Crippen molar-refractivity contribution in [1.29, 1.82) is 0 Å². The van der Waals surface area contributed by atoms with Gasteiger partial charge >= 0.3 is 0 Å². The van der Waals surface area contributed by atoms with Gasteiger partial charge in [-0.05, 0) is 24.3 Å². The molecular formula is C18H18N4O3. The Morgan fingerprint density at radius 1 is 1.04 bits per heavy atom. The molecule has 1 amide bonds. The highest BCUT2D eigenvalue weighted by Crippen LogP contribution is 2.32. The summed E-state index contributed by atoms with van der Waals surface area (Å²) in [5.74, 6) is 2.09. The van der Waals surface area contributed by atoms with Crippen molar-refractivity contribution in [1.82, 2.24) is 14.9 Å². The Bertz CT molecular complexity index is 851. The van der Waals surface area contributed by atoms with Gasteiger partial charge < -0.3 is 18.6 Å². The normalized spacial score (nSPS) is 14.8. The summed E-state index contributed by atoms with van der Waals surface area (Å²) in [5.41, 5.74) is 1.48. The highest BCUT2D eigenvalue weighted by molar-refractivity contribution is 5.76. The molecule has 0 bridgehead atoms. The van der Waals surface area contributed by atoms with E-state index in [0.717, 1.165) is 5.56 Å². The summed E-state index contributed by atoms with van der Waals surface area (Å²) in [4.78, 5) is 24.6. The summed E-state index contributed by atoms with van der Waals surface area (Å²) in [6.45, 7) is 4.36. The topological polar surface area (TPSA) is 75.6 Å². The molecule has 128 valence electrons. The zero-order chi connectivity index (χ0) is 17.2. The van der Waals surface area contributed by atoms with Gasteiger partial charge in [-0.15, -0.1) is 0 Å². The molecule has 4 rings (SSSR count). The van der Waals surface area contributed by atoms with Crippen molar-refractivity contribution in [3.8, 4) is 22.8 Å². The minimum atomic E-state index is 0.102. The highest BCUT2D eigenvalue weighted by atomic mass is 16.3. The molecule has 1 saturated heterocycles. The average molecular weight is 338 g/mol. The Kier molecular flexibility index (Phi) is 3.97. The molecule has 0 atom stereocenters. The van der Waals surface area contributed by atoms with Gasteiger partial charge in [-0.25, -0.2) is 9.97 Å². The number of piperazine rings is 1. The van der Waals surface area contributed by atoms with Crippen LogP contribution < -0.4 is 4.90 Å². The quantitative estimate of drug-likeness (QED) is 0.731. The van der Waals surface area contributed by atoms with Crippen LogP contribution in [0.4, 0.5) is 5.95 Å². The van der Waals surface area contributed by atoms with Crippen molar-refractivity contribution in [2.75, 3.05) is 31.1 Å². The average Bonchev–Trinajstić information content (AvgIpc) is 3.35. The molecule has 1 aliphatic heterocycles. The summed E-state index contributed by atoms with van der Waals surface area (Å²) < 4.78 is 11.1. The van der Waals surface area contributed by atoms with Gasteiger partial charge in [-0.1, -0.05) is 0 Å². The van der Waals surface area contributed by atoms with Crippen LogP contribution in [0.15, 0.2) is 51.8 Å². The molecule has 0 N–H and O–H groups in total.